The second-order valence-corrected chi connectivity index (χ2v) is 7.26. The van der Waals surface area contributed by atoms with Crippen molar-refractivity contribution in [2.45, 2.75) is 57.7 Å². The number of hydrogen-bond donors (Lipinski definition) is 1. The Morgan fingerprint density at radius 2 is 1.86 bits per heavy atom. The Kier molecular flexibility index (Phi) is 4.74. The van der Waals surface area contributed by atoms with Gasteiger partial charge in [-0.05, 0) is 63.1 Å². The van der Waals surface area contributed by atoms with E-state index >= 15 is 0 Å². The van der Waals surface area contributed by atoms with Crippen LogP contribution in [0.25, 0.3) is 0 Å². The average molecular weight is 321 g/mol. The summed E-state index contributed by atoms with van der Waals surface area (Å²) in [5.74, 6) is 0.860. The number of amides is 1. The Balaban J connectivity index is 1.61. The summed E-state index contributed by atoms with van der Waals surface area (Å²) >= 11 is 5.97. The van der Waals surface area contributed by atoms with Crippen LogP contribution in [-0.4, -0.2) is 29.4 Å². The molecule has 0 saturated heterocycles. The molecule has 2 unspecified atom stereocenters. The van der Waals surface area contributed by atoms with E-state index in [2.05, 4.69) is 36.2 Å². The van der Waals surface area contributed by atoms with E-state index < -0.39 is 0 Å². The highest BCUT2D eigenvalue weighted by Gasteiger charge is 2.35. The molecule has 1 aromatic rings. The first kappa shape index (κ1) is 15.8. The summed E-state index contributed by atoms with van der Waals surface area (Å²) < 4.78 is 0. The highest BCUT2D eigenvalue weighted by molar-refractivity contribution is 6.30. The summed E-state index contributed by atoms with van der Waals surface area (Å²) in [7, 11) is 0. The van der Waals surface area contributed by atoms with E-state index in [9.17, 15) is 4.79 Å². The maximum Gasteiger partial charge on any atom is 0.234 e. The largest absolute Gasteiger partial charge is 0.352 e. The van der Waals surface area contributed by atoms with Crippen molar-refractivity contribution in [3.8, 4) is 0 Å². The van der Waals surface area contributed by atoms with Crippen LogP contribution < -0.4 is 5.32 Å². The number of halogens is 1. The molecular formula is C18H25ClN2O. The lowest BCUT2D eigenvalue weighted by atomic mass is 10.1. The molecule has 2 aliphatic rings. The summed E-state index contributed by atoms with van der Waals surface area (Å²) in [5, 5.41) is 3.92. The lowest BCUT2D eigenvalue weighted by Crippen LogP contribution is -2.43. The first-order chi connectivity index (χ1) is 10.5. The second-order valence-electron chi connectivity index (χ2n) is 6.82. The predicted molar refractivity (Wildman–Crippen MR) is 89.9 cm³/mol. The number of nitrogens with zero attached hydrogens (tertiary/aromatic N) is 1. The van der Waals surface area contributed by atoms with Gasteiger partial charge >= 0.3 is 0 Å². The summed E-state index contributed by atoms with van der Waals surface area (Å²) in [6, 6.07) is 9.08. The monoisotopic (exact) mass is 320 g/mol. The fraction of sp³-hybridized carbons (Fsp3) is 0.611. The highest BCUT2D eigenvalue weighted by atomic mass is 35.5. The van der Waals surface area contributed by atoms with Crippen molar-refractivity contribution in [1.82, 2.24) is 10.2 Å². The van der Waals surface area contributed by atoms with E-state index in [0.29, 0.717) is 24.5 Å². The van der Waals surface area contributed by atoms with Gasteiger partial charge in [0.2, 0.25) is 5.91 Å². The lowest BCUT2D eigenvalue weighted by Gasteiger charge is -2.29. The quantitative estimate of drug-likeness (QED) is 0.829. The van der Waals surface area contributed by atoms with Crippen LogP contribution in [-0.2, 0) is 4.79 Å². The van der Waals surface area contributed by atoms with Crippen molar-refractivity contribution in [2.75, 3.05) is 6.54 Å². The molecule has 22 heavy (non-hydrogen) atoms. The molecule has 1 aromatic carbocycles. The molecule has 0 radical (unpaired) electrons. The van der Waals surface area contributed by atoms with Crippen LogP contribution in [0.2, 0.25) is 5.02 Å². The highest BCUT2D eigenvalue weighted by Crippen LogP contribution is 2.35. The predicted octanol–water partition coefficient (Wildman–Crippen LogP) is 3.78. The molecule has 0 spiro atoms. The molecule has 3 rings (SSSR count). The molecule has 2 saturated carbocycles. The number of nitrogens with one attached hydrogen (secondary N) is 1. The molecular weight excluding hydrogens is 296 g/mol. The van der Waals surface area contributed by atoms with E-state index in [1.54, 1.807) is 0 Å². The summed E-state index contributed by atoms with van der Waals surface area (Å²) in [4.78, 5) is 14.7. The molecule has 2 atom stereocenters. The van der Waals surface area contributed by atoms with Crippen molar-refractivity contribution in [3.63, 3.8) is 0 Å². The number of carbonyl (C=O) groups is 1. The topological polar surface area (TPSA) is 32.3 Å². The fourth-order valence-corrected chi connectivity index (χ4v) is 3.23. The van der Waals surface area contributed by atoms with E-state index in [0.717, 1.165) is 5.02 Å². The van der Waals surface area contributed by atoms with Gasteiger partial charge in [0.15, 0.2) is 0 Å². The summed E-state index contributed by atoms with van der Waals surface area (Å²) in [5.41, 5.74) is 1.22. The zero-order chi connectivity index (χ0) is 15.7. The Morgan fingerprint density at radius 1 is 1.23 bits per heavy atom. The van der Waals surface area contributed by atoms with Crippen LogP contribution in [0, 0.1) is 5.92 Å². The van der Waals surface area contributed by atoms with Crippen molar-refractivity contribution in [1.29, 1.82) is 0 Å². The molecule has 0 aliphatic heterocycles. The molecule has 1 N–H and O–H groups in total. The van der Waals surface area contributed by atoms with Gasteiger partial charge in [-0.1, -0.05) is 23.7 Å². The minimum Gasteiger partial charge on any atom is -0.352 e. The third-order valence-electron chi connectivity index (χ3n) is 4.91. The number of carbonyl (C=O) groups excluding carboxylic acids is 1. The van der Waals surface area contributed by atoms with E-state index in [-0.39, 0.29) is 11.9 Å². The minimum atomic E-state index is 0.159. The molecule has 120 valence electrons. The minimum absolute atomic E-state index is 0.159. The Bertz CT molecular complexity index is 522. The van der Waals surface area contributed by atoms with Crippen LogP contribution in [0.4, 0.5) is 0 Å². The molecule has 0 aromatic heterocycles. The first-order valence-electron chi connectivity index (χ1n) is 8.35. The van der Waals surface area contributed by atoms with Crippen molar-refractivity contribution in [3.05, 3.63) is 34.9 Å². The van der Waals surface area contributed by atoms with Crippen LogP contribution in [0.3, 0.4) is 0 Å². The van der Waals surface area contributed by atoms with Gasteiger partial charge in [0.25, 0.3) is 0 Å². The van der Waals surface area contributed by atoms with Gasteiger partial charge in [-0.2, -0.15) is 0 Å². The molecule has 2 aliphatic carbocycles. The Labute approximate surface area is 138 Å². The Morgan fingerprint density at radius 3 is 2.41 bits per heavy atom. The van der Waals surface area contributed by atoms with Gasteiger partial charge in [0.05, 0.1) is 6.54 Å². The smallest absolute Gasteiger partial charge is 0.234 e. The number of benzene rings is 1. The lowest BCUT2D eigenvalue weighted by molar-refractivity contribution is -0.123. The molecule has 0 heterocycles. The third-order valence-corrected chi connectivity index (χ3v) is 5.16. The van der Waals surface area contributed by atoms with E-state index in [4.69, 9.17) is 11.6 Å². The maximum atomic E-state index is 12.3. The van der Waals surface area contributed by atoms with Crippen LogP contribution in [0.1, 0.15) is 51.1 Å². The van der Waals surface area contributed by atoms with E-state index in [1.165, 1.54) is 31.2 Å². The van der Waals surface area contributed by atoms with Crippen molar-refractivity contribution >= 4 is 17.5 Å². The van der Waals surface area contributed by atoms with Crippen LogP contribution in [0.5, 0.6) is 0 Å². The van der Waals surface area contributed by atoms with Crippen molar-refractivity contribution < 1.29 is 4.79 Å². The molecule has 3 nitrogen and oxygen atoms in total. The standard InChI is InChI=1S/C18H25ClN2O/c1-12(14-3-4-14)20-18(22)11-21(17-9-10-17)13(2)15-5-7-16(19)8-6-15/h5-8,12-14,17H,3-4,9-11H2,1-2H3,(H,20,22). The number of hydrogen-bond acceptors (Lipinski definition) is 2. The zero-order valence-electron chi connectivity index (χ0n) is 13.4. The normalized spacial score (nSPS) is 20.7. The third kappa shape index (κ3) is 4.02. The molecule has 1 amide bonds. The Hall–Kier alpha value is -1.06. The van der Waals surface area contributed by atoms with Gasteiger partial charge in [0, 0.05) is 23.1 Å². The average Bonchev–Trinajstić information content (AvgIpc) is 3.38. The number of rotatable bonds is 7. The van der Waals surface area contributed by atoms with Gasteiger partial charge in [-0.3, -0.25) is 9.69 Å². The first-order valence-corrected chi connectivity index (χ1v) is 8.73. The van der Waals surface area contributed by atoms with Crippen LogP contribution >= 0.6 is 11.6 Å². The second kappa shape index (κ2) is 6.59. The molecule has 0 bridgehead atoms. The fourth-order valence-electron chi connectivity index (χ4n) is 3.10. The SMILES string of the molecule is CC(NC(=O)CN(C1CC1)C(C)c1ccc(Cl)cc1)C1CC1. The van der Waals surface area contributed by atoms with E-state index in [1.807, 2.05) is 12.1 Å². The summed E-state index contributed by atoms with van der Waals surface area (Å²) in [6.45, 7) is 4.80. The zero-order valence-corrected chi connectivity index (χ0v) is 14.1. The maximum absolute atomic E-state index is 12.3. The van der Waals surface area contributed by atoms with Crippen LogP contribution in [0.15, 0.2) is 24.3 Å². The van der Waals surface area contributed by atoms with Gasteiger partial charge in [-0.25, -0.2) is 0 Å². The molecule has 2 fully saturated rings. The van der Waals surface area contributed by atoms with Gasteiger partial charge < -0.3 is 5.32 Å². The van der Waals surface area contributed by atoms with Gasteiger partial charge in [-0.15, -0.1) is 0 Å². The van der Waals surface area contributed by atoms with Gasteiger partial charge in [0.1, 0.15) is 0 Å². The van der Waals surface area contributed by atoms with Crippen molar-refractivity contribution in [2.24, 2.45) is 5.92 Å². The summed E-state index contributed by atoms with van der Waals surface area (Å²) in [6.07, 6.45) is 4.91. The molecule has 4 heteroatoms.